The van der Waals surface area contributed by atoms with Crippen LogP contribution in [0.2, 0.25) is 0 Å². The highest BCUT2D eigenvalue weighted by atomic mass is 31.2. The van der Waals surface area contributed by atoms with Gasteiger partial charge in [0.1, 0.15) is 25.4 Å². The highest BCUT2D eigenvalue weighted by Gasteiger charge is 2.29. The third kappa shape index (κ3) is 77.6. The molecule has 0 saturated carbocycles. The average molecular weight is 1470 g/mol. The molecule has 5 unspecified atom stereocenters. The minimum atomic E-state index is -4.93. The second-order valence-electron chi connectivity index (χ2n) is 27.6. The van der Waals surface area contributed by atoms with E-state index in [1.165, 1.54) is 186 Å². The summed E-state index contributed by atoms with van der Waals surface area (Å²) < 4.78 is 61.1. The Morgan fingerprint density at radius 1 is 0.277 bits per heavy atom. The van der Waals surface area contributed by atoms with Crippen molar-refractivity contribution in [3.05, 3.63) is 85.1 Å². The Balaban J connectivity index is 4.38. The second-order valence-corrected chi connectivity index (χ2v) is 30.5. The molecule has 588 valence electrons. The maximum atomic E-state index is 12.9. The van der Waals surface area contributed by atoms with Crippen molar-refractivity contribution >= 4 is 33.6 Å². The van der Waals surface area contributed by atoms with Crippen molar-refractivity contribution in [2.75, 3.05) is 39.6 Å². The minimum absolute atomic E-state index is 0.106. The highest BCUT2D eigenvalue weighted by molar-refractivity contribution is 7.47. The van der Waals surface area contributed by atoms with Crippen molar-refractivity contribution in [1.29, 1.82) is 0 Å². The lowest BCUT2D eigenvalue weighted by molar-refractivity contribution is -0.161. The molecule has 0 aliphatic heterocycles. The fourth-order valence-electron chi connectivity index (χ4n) is 11.3. The Labute approximate surface area is 616 Å². The van der Waals surface area contributed by atoms with Gasteiger partial charge in [0.05, 0.1) is 26.4 Å². The average Bonchev–Trinajstić information content (AvgIpc) is 0.933. The molecule has 0 aromatic heterocycles. The van der Waals surface area contributed by atoms with Crippen LogP contribution in [-0.4, -0.2) is 95.9 Å². The Kier molecular flexibility index (Phi) is 73.9. The Bertz CT molecular complexity index is 2180. The maximum absolute atomic E-state index is 12.9. The van der Waals surface area contributed by atoms with Crippen molar-refractivity contribution in [2.24, 2.45) is 0 Å². The number of aliphatic hydroxyl groups excluding tert-OH is 2. The number of carbonyl (C=O) groups excluding carboxylic acids is 3. The molecule has 0 aromatic rings. The standard InChI is InChI=1S/C83H150O16P2/c1-4-7-10-13-16-19-22-25-27-29-31-32-33-34-35-36-37-38-39-40-41-42-43-44-46-48-49-52-54-57-60-63-66-69-81(86)93-72-78(84)73-95-100(89,90)96-74-79(85)75-97-101(91,92)98-77-80(99-83(88)71-68-65-62-59-56-51-24-21-18-15-12-9-6-3)76-94-82(87)70-67-64-61-58-55-53-50-47-45-30-28-26-23-20-17-14-11-8-5-2/h16-17,19-20,25-28,31-32,34-35,45,47,78-80,84-85H,4-15,18,21-24,29-30,33,36-44,46,48-77H2,1-3H3,(H,89,90)(H,91,92)/b19-16-,20-17-,27-25-,28-26-,32-31-,35-34-,47-45-. The van der Waals surface area contributed by atoms with Crippen molar-refractivity contribution in [3.63, 3.8) is 0 Å². The van der Waals surface area contributed by atoms with Crippen molar-refractivity contribution < 1.29 is 75.8 Å². The van der Waals surface area contributed by atoms with Gasteiger partial charge >= 0.3 is 33.6 Å². The predicted octanol–water partition coefficient (Wildman–Crippen LogP) is 24.0. The number of carbonyl (C=O) groups is 3. The number of allylic oxidation sites excluding steroid dienone is 14. The number of unbranched alkanes of at least 4 members (excludes halogenated alkanes) is 41. The SMILES string of the molecule is CCCCC/C=C\C/C=C\C/C=C\C/C=C\CCCCCCCCCCCCCCCCCCCC(=O)OCC(O)COP(=O)(O)OCC(O)COP(=O)(O)OCC(COC(=O)CCCCCCCC/C=C\C/C=C\C/C=C\CCCCC)OC(=O)CCCCCCCCCCCCCCC. The molecule has 0 bridgehead atoms. The van der Waals surface area contributed by atoms with Crippen LogP contribution in [-0.2, 0) is 55.8 Å². The van der Waals surface area contributed by atoms with Crippen LogP contribution in [0.3, 0.4) is 0 Å². The monoisotopic (exact) mass is 1470 g/mol. The van der Waals surface area contributed by atoms with Crippen LogP contribution < -0.4 is 0 Å². The smallest absolute Gasteiger partial charge is 0.463 e. The Morgan fingerprint density at radius 3 is 0.802 bits per heavy atom. The number of rotatable bonds is 78. The van der Waals surface area contributed by atoms with Gasteiger partial charge in [0.2, 0.25) is 0 Å². The summed E-state index contributed by atoms with van der Waals surface area (Å²) in [5, 5.41) is 20.6. The predicted molar refractivity (Wildman–Crippen MR) is 418 cm³/mol. The van der Waals surface area contributed by atoms with Gasteiger partial charge in [0.15, 0.2) is 6.10 Å². The molecule has 0 radical (unpaired) electrons. The molecular formula is C83H150O16P2. The summed E-state index contributed by atoms with van der Waals surface area (Å²) in [7, 11) is -9.78. The lowest BCUT2D eigenvalue weighted by atomic mass is 10.0. The van der Waals surface area contributed by atoms with Gasteiger partial charge in [0.25, 0.3) is 0 Å². The van der Waals surface area contributed by atoms with Crippen LogP contribution in [0.15, 0.2) is 85.1 Å². The molecule has 0 aromatic carbocycles. The van der Waals surface area contributed by atoms with Gasteiger partial charge < -0.3 is 34.2 Å². The number of hydrogen-bond donors (Lipinski definition) is 4. The molecule has 5 atom stereocenters. The quantitative estimate of drug-likeness (QED) is 0.0146. The first-order valence-corrected chi connectivity index (χ1v) is 43.9. The van der Waals surface area contributed by atoms with E-state index in [-0.39, 0.29) is 19.3 Å². The molecule has 0 aliphatic carbocycles. The van der Waals surface area contributed by atoms with Crippen LogP contribution in [0.25, 0.3) is 0 Å². The number of phosphoric acid groups is 2. The summed E-state index contributed by atoms with van der Waals surface area (Å²) in [4.78, 5) is 58.6. The van der Waals surface area contributed by atoms with Gasteiger partial charge in [-0.15, -0.1) is 0 Å². The van der Waals surface area contributed by atoms with E-state index >= 15 is 0 Å². The number of ether oxygens (including phenoxy) is 3. The van der Waals surface area contributed by atoms with Gasteiger partial charge in [-0.1, -0.05) is 331 Å². The zero-order valence-corrected chi connectivity index (χ0v) is 66.1. The van der Waals surface area contributed by atoms with Crippen LogP contribution in [0.1, 0.15) is 367 Å². The summed E-state index contributed by atoms with van der Waals surface area (Å²) in [6.45, 7) is 2.66. The molecule has 16 nitrogen and oxygen atoms in total. The van der Waals surface area contributed by atoms with Crippen LogP contribution >= 0.6 is 15.6 Å². The molecule has 0 fully saturated rings. The molecule has 0 aliphatic rings. The first-order chi connectivity index (χ1) is 49.2. The van der Waals surface area contributed by atoms with Gasteiger partial charge in [-0.2, -0.15) is 0 Å². The molecule has 0 rings (SSSR count). The zero-order valence-electron chi connectivity index (χ0n) is 64.3. The largest absolute Gasteiger partial charge is 0.472 e. The molecule has 4 N–H and O–H groups in total. The Morgan fingerprint density at radius 2 is 0.495 bits per heavy atom. The van der Waals surface area contributed by atoms with E-state index in [9.17, 15) is 43.5 Å². The summed E-state index contributed by atoms with van der Waals surface area (Å²) >= 11 is 0. The van der Waals surface area contributed by atoms with Crippen LogP contribution in [0.4, 0.5) is 0 Å². The normalized spacial score (nSPS) is 14.4. The van der Waals surface area contributed by atoms with Crippen LogP contribution in [0, 0.1) is 0 Å². The summed E-state index contributed by atoms with van der Waals surface area (Å²) in [5.74, 6) is -1.57. The van der Waals surface area contributed by atoms with E-state index in [2.05, 4.69) is 106 Å². The van der Waals surface area contributed by atoms with Gasteiger partial charge in [-0.25, -0.2) is 9.13 Å². The van der Waals surface area contributed by atoms with E-state index in [1.54, 1.807) is 0 Å². The molecule has 0 heterocycles. The number of hydrogen-bond acceptors (Lipinski definition) is 14. The molecular weight excluding hydrogens is 1310 g/mol. The van der Waals surface area contributed by atoms with E-state index in [0.717, 1.165) is 122 Å². The van der Waals surface area contributed by atoms with E-state index in [4.69, 9.17) is 32.3 Å². The second kappa shape index (κ2) is 76.4. The van der Waals surface area contributed by atoms with Gasteiger partial charge in [-0.05, 0) is 103 Å². The van der Waals surface area contributed by atoms with E-state index in [1.807, 2.05) is 0 Å². The van der Waals surface area contributed by atoms with E-state index in [0.29, 0.717) is 19.3 Å². The van der Waals surface area contributed by atoms with Crippen molar-refractivity contribution in [1.82, 2.24) is 0 Å². The lowest BCUT2D eigenvalue weighted by Gasteiger charge is -2.21. The topological polar surface area (TPSA) is 231 Å². The van der Waals surface area contributed by atoms with Crippen molar-refractivity contribution in [3.8, 4) is 0 Å². The number of aliphatic hydroxyl groups is 2. The lowest BCUT2D eigenvalue weighted by Crippen LogP contribution is -2.30. The number of esters is 3. The van der Waals surface area contributed by atoms with Crippen LogP contribution in [0.5, 0.6) is 0 Å². The maximum Gasteiger partial charge on any atom is 0.472 e. The minimum Gasteiger partial charge on any atom is -0.463 e. The molecule has 18 heteroatoms. The first-order valence-electron chi connectivity index (χ1n) is 40.9. The fraction of sp³-hybridized carbons (Fsp3) is 0.795. The molecule has 0 amide bonds. The third-order valence-corrected chi connectivity index (χ3v) is 19.5. The molecule has 0 spiro atoms. The molecule has 0 saturated heterocycles. The Hall–Kier alpha value is -3.27. The summed E-state index contributed by atoms with van der Waals surface area (Å²) in [6, 6.07) is 0. The van der Waals surface area contributed by atoms with Gasteiger partial charge in [-0.3, -0.25) is 32.5 Å². The highest BCUT2D eigenvalue weighted by Crippen LogP contribution is 2.45. The van der Waals surface area contributed by atoms with E-state index < -0.39 is 91.5 Å². The summed E-state index contributed by atoms with van der Waals surface area (Å²) in [6.07, 6.45) is 86.4. The molecule has 101 heavy (non-hydrogen) atoms. The van der Waals surface area contributed by atoms with Gasteiger partial charge in [0, 0.05) is 19.3 Å². The third-order valence-electron chi connectivity index (χ3n) is 17.6. The zero-order chi connectivity index (χ0) is 73.7. The van der Waals surface area contributed by atoms with Crippen molar-refractivity contribution in [2.45, 2.75) is 386 Å². The number of phosphoric ester groups is 2. The fourth-order valence-corrected chi connectivity index (χ4v) is 12.9. The summed E-state index contributed by atoms with van der Waals surface area (Å²) in [5.41, 5.74) is 0. The first kappa shape index (κ1) is 97.7.